The molecule has 119 valence electrons. The van der Waals surface area contributed by atoms with Crippen molar-refractivity contribution in [2.45, 2.75) is 0 Å². The standard InChI is InChI=1S/Cu.Fe.3H2O4S.H2O.Zn/c;;3*1-5(2,3)4;;/h;;3*(H2,1,2,3,4);1H2;/q2*+2;;;;;+2/p-6. The van der Waals surface area contributed by atoms with Crippen LogP contribution in [0.1, 0.15) is 0 Å². The molecule has 0 saturated heterocycles. The summed E-state index contributed by atoms with van der Waals surface area (Å²) >= 11 is 0. The Labute approximate surface area is 142 Å². The van der Waals surface area contributed by atoms with E-state index in [1.165, 1.54) is 0 Å². The maximum atomic E-state index is 8.52. The van der Waals surface area contributed by atoms with Crippen molar-refractivity contribution in [2.24, 2.45) is 0 Å². The molecular weight excluding hydrogens is 489 g/mol. The van der Waals surface area contributed by atoms with Gasteiger partial charge in [0.25, 0.3) is 0 Å². The molecule has 0 aromatic carbocycles. The molecule has 0 aromatic rings. The summed E-state index contributed by atoms with van der Waals surface area (Å²) < 4.78 is 102. The predicted octanol–water partition coefficient (Wildman–Crippen LogP) is -4.85. The minimum absolute atomic E-state index is 0. The van der Waals surface area contributed by atoms with E-state index in [4.69, 9.17) is 52.6 Å². The van der Waals surface area contributed by atoms with Crippen molar-refractivity contribution < 1.29 is 112 Å². The fourth-order valence-corrected chi connectivity index (χ4v) is 0. The molecule has 13 nitrogen and oxygen atoms in total. The molecular formula is H2CuFeO13S3Zn. The van der Waals surface area contributed by atoms with Crippen LogP contribution >= 0.6 is 0 Å². The molecule has 0 amide bonds. The monoisotopic (exact) mass is 489 g/mol. The van der Waals surface area contributed by atoms with E-state index in [-0.39, 0.29) is 59.1 Å². The molecule has 0 atom stereocenters. The third-order valence-corrected chi connectivity index (χ3v) is 0. The van der Waals surface area contributed by atoms with E-state index in [9.17, 15) is 0 Å². The first-order valence-electron chi connectivity index (χ1n) is 2.00. The summed E-state index contributed by atoms with van der Waals surface area (Å²) in [5.41, 5.74) is 0. The molecule has 0 heterocycles. The topological polar surface area (TPSA) is 272 Å². The Morgan fingerprint density at radius 1 is 0.526 bits per heavy atom. The minimum Gasteiger partial charge on any atom is -0.759 e. The molecule has 0 rings (SSSR count). The molecule has 0 aliphatic rings. The van der Waals surface area contributed by atoms with Crippen LogP contribution in [-0.2, 0) is 84.8 Å². The first kappa shape index (κ1) is 42.7. The van der Waals surface area contributed by atoms with Crippen LogP contribution in [-0.4, -0.2) is 58.0 Å². The van der Waals surface area contributed by atoms with Crippen LogP contribution in [0.2, 0.25) is 0 Å². The molecule has 0 aromatic heterocycles. The molecule has 1 radical (unpaired) electrons. The average Bonchev–Trinajstić information content (AvgIpc) is 1.41. The van der Waals surface area contributed by atoms with Gasteiger partial charge in [-0.3, -0.25) is 25.3 Å². The van der Waals surface area contributed by atoms with E-state index < -0.39 is 31.2 Å². The van der Waals surface area contributed by atoms with E-state index in [1.807, 2.05) is 0 Å². The summed E-state index contributed by atoms with van der Waals surface area (Å²) in [7, 11) is -15.5. The maximum Gasteiger partial charge on any atom is 2.00 e. The summed E-state index contributed by atoms with van der Waals surface area (Å²) in [6, 6.07) is 0. The van der Waals surface area contributed by atoms with Gasteiger partial charge in [0.05, 0.1) is 0 Å². The zero-order valence-corrected chi connectivity index (χ0v) is 15.4. The van der Waals surface area contributed by atoms with Crippen LogP contribution in [0.3, 0.4) is 0 Å². The van der Waals surface area contributed by atoms with Crippen LogP contribution in [0.4, 0.5) is 0 Å². The van der Waals surface area contributed by atoms with Crippen LogP contribution in [0, 0.1) is 0 Å². The smallest absolute Gasteiger partial charge is 0.759 e. The molecule has 0 bridgehead atoms. The first-order valence-corrected chi connectivity index (χ1v) is 6.00. The third kappa shape index (κ3) is 3760. The molecule has 19 heteroatoms. The largest absolute Gasteiger partial charge is 2.00 e. The molecule has 0 spiro atoms. The average molecular weight is 491 g/mol. The van der Waals surface area contributed by atoms with Gasteiger partial charge < -0.3 is 32.8 Å². The van der Waals surface area contributed by atoms with E-state index in [0.29, 0.717) is 0 Å². The summed E-state index contributed by atoms with van der Waals surface area (Å²) in [5, 5.41) is 0. The van der Waals surface area contributed by atoms with Crippen LogP contribution < -0.4 is 0 Å². The van der Waals surface area contributed by atoms with E-state index >= 15 is 0 Å². The van der Waals surface area contributed by atoms with Gasteiger partial charge in [-0.1, -0.05) is 0 Å². The molecule has 2 N–H and O–H groups in total. The summed E-state index contributed by atoms with van der Waals surface area (Å²) in [5.74, 6) is 0. The summed E-state index contributed by atoms with van der Waals surface area (Å²) in [6.07, 6.45) is 0. The zero-order valence-electron chi connectivity index (χ0n) is 7.99. The zero-order chi connectivity index (χ0) is 13.5. The normalized spacial score (nSPS) is 9.16. The molecule has 0 fully saturated rings. The molecule has 0 saturated carbocycles. The van der Waals surface area contributed by atoms with Gasteiger partial charge in [0.2, 0.25) is 0 Å². The second-order valence-electron chi connectivity index (χ2n) is 1.22. The first-order chi connectivity index (χ1) is 6.00. The maximum absolute atomic E-state index is 8.52. The molecule has 19 heavy (non-hydrogen) atoms. The van der Waals surface area contributed by atoms with Crippen molar-refractivity contribution in [2.75, 3.05) is 0 Å². The Morgan fingerprint density at radius 3 is 0.526 bits per heavy atom. The quantitative estimate of drug-likeness (QED) is 0.175. The Morgan fingerprint density at radius 2 is 0.526 bits per heavy atom. The third-order valence-electron chi connectivity index (χ3n) is 0. The van der Waals surface area contributed by atoms with Crippen molar-refractivity contribution in [3.63, 3.8) is 0 Å². The second kappa shape index (κ2) is 17.3. The SMILES string of the molecule is O.O=S(=O)([O-])[O-].O=S(=O)([O-])[O-].O=S(=O)([O-])[O-].[Cu+2].[Fe+2].[Zn+2]. The second-order valence-corrected chi connectivity index (χ2v) is 3.67. The van der Waals surface area contributed by atoms with E-state index in [1.54, 1.807) is 0 Å². The fourth-order valence-electron chi connectivity index (χ4n) is 0. The van der Waals surface area contributed by atoms with Gasteiger partial charge in [-0.2, -0.15) is 0 Å². The Kier molecular flexibility index (Phi) is 38.9. The van der Waals surface area contributed by atoms with Crippen molar-refractivity contribution in [1.82, 2.24) is 0 Å². The Bertz CT molecular complexity index is 349. The van der Waals surface area contributed by atoms with Crippen LogP contribution in [0.5, 0.6) is 0 Å². The fraction of sp³-hybridized carbons (Fsp3) is 0. The molecule has 0 unspecified atom stereocenters. The minimum atomic E-state index is -5.17. The number of rotatable bonds is 0. The van der Waals surface area contributed by atoms with Crippen LogP contribution in [0.25, 0.3) is 0 Å². The van der Waals surface area contributed by atoms with Gasteiger partial charge in [-0.05, 0) is 0 Å². The van der Waals surface area contributed by atoms with Crippen molar-refractivity contribution >= 4 is 31.2 Å². The predicted molar refractivity (Wildman–Crippen MR) is 35.0 cm³/mol. The number of hydrogen-bond acceptors (Lipinski definition) is 12. The van der Waals surface area contributed by atoms with Gasteiger partial charge in [0.15, 0.2) is 0 Å². The van der Waals surface area contributed by atoms with E-state index in [2.05, 4.69) is 0 Å². The molecule has 0 aliphatic heterocycles. The van der Waals surface area contributed by atoms with Crippen molar-refractivity contribution in [1.29, 1.82) is 0 Å². The van der Waals surface area contributed by atoms with Crippen LogP contribution in [0.15, 0.2) is 0 Å². The Hall–Kier alpha value is 1.23. The van der Waals surface area contributed by atoms with Crippen molar-refractivity contribution in [3.8, 4) is 0 Å². The van der Waals surface area contributed by atoms with Gasteiger partial charge in [-0.15, -0.1) is 0 Å². The van der Waals surface area contributed by atoms with Gasteiger partial charge in [0, 0.05) is 31.2 Å². The Balaban J connectivity index is -0.0000000206. The van der Waals surface area contributed by atoms with Gasteiger partial charge >= 0.3 is 53.6 Å². The van der Waals surface area contributed by atoms with Gasteiger partial charge in [-0.25, -0.2) is 0 Å². The summed E-state index contributed by atoms with van der Waals surface area (Å²) in [6.45, 7) is 0. The van der Waals surface area contributed by atoms with Gasteiger partial charge in [0.1, 0.15) is 0 Å². The number of hydrogen-bond donors (Lipinski definition) is 0. The molecule has 0 aliphatic carbocycles. The van der Waals surface area contributed by atoms with E-state index in [0.717, 1.165) is 0 Å². The summed E-state index contributed by atoms with van der Waals surface area (Å²) in [4.78, 5) is 0. The van der Waals surface area contributed by atoms with Crippen molar-refractivity contribution in [3.05, 3.63) is 0 Å².